The van der Waals surface area contributed by atoms with Crippen molar-refractivity contribution in [3.05, 3.63) is 59.9 Å². The van der Waals surface area contributed by atoms with Crippen molar-refractivity contribution < 1.29 is 4.39 Å². The zero-order valence-corrected chi connectivity index (χ0v) is 8.78. The van der Waals surface area contributed by atoms with Gasteiger partial charge in [-0.05, 0) is 35.9 Å². The Morgan fingerprint density at radius 2 is 1.81 bits per heavy atom. The molecule has 2 rings (SSSR count). The predicted octanol–water partition coefficient (Wildman–Crippen LogP) is 3.02. The maximum atomic E-state index is 12.9. The molecule has 0 saturated carbocycles. The number of hydrogen-bond donors (Lipinski definition) is 2. The van der Waals surface area contributed by atoms with Gasteiger partial charge in [0.05, 0.1) is 0 Å². The lowest BCUT2D eigenvalue weighted by atomic mass is 10.2. The van der Waals surface area contributed by atoms with Crippen LogP contribution < -0.4 is 11.1 Å². The Morgan fingerprint density at radius 3 is 2.50 bits per heavy atom. The van der Waals surface area contributed by atoms with Crippen LogP contribution in [0.4, 0.5) is 15.8 Å². The topological polar surface area (TPSA) is 38.0 Å². The van der Waals surface area contributed by atoms with Crippen LogP contribution in [0.25, 0.3) is 0 Å². The molecule has 0 aliphatic carbocycles. The van der Waals surface area contributed by atoms with Gasteiger partial charge in [-0.2, -0.15) is 0 Å². The summed E-state index contributed by atoms with van der Waals surface area (Å²) in [5, 5.41) is 3.14. The lowest BCUT2D eigenvalue weighted by molar-refractivity contribution is 0.628. The van der Waals surface area contributed by atoms with Crippen molar-refractivity contribution in [2.24, 2.45) is 0 Å². The molecule has 0 aliphatic rings. The summed E-state index contributed by atoms with van der Waals surface area (Å²) >= 11 is 0. The molecule has 0 bridgehead atoms. The van der Waals surface area contributed by atoms with Crippen LogP contribution in [-0.2, 0) is 6.54 Å². The second kappa shape index (κ2) is 4.66. The number of anilines is 2. The molecule has 2 aromatic rings. The molecule has 0 heterocycles. The smallest absolute Gasteiger partial charge is 0.125 e. The molecule has 16 heavy (non-hydrogen) atoms. The van der Waals surface area contributed by atoms with Gasteiger partial charge in [-0.15, -0.1) is 0 Å². The van der Waals surface area contributed by atoms with Crippen LogP contribution in [0.3, 0.4) is 0 Å². The highest BCUT2D eigenvalue weighted by Gasteiger charge is 1.95. The third-order valence-corrected chi connectivity index (χ3v) is 2.30. The molecular formula is C13H13FN2. The summed E-state index contributed by atoms with van der Waals surface area (Å²) in [4.78, 5) is 0. The van der Waals surface area contributed by atoms with Crippen LogP contribution in [-0.4, -0.2) is 0 Å². The maximum Gasteiger partial charge on any atom is 0.125 e. The molecule has 0 fully saturated rings. The Balaban J connectivity index is 1.99. The summed E-state index contributed by atoms with van der Waals surface area (Å²) in [5.74, 6) is -0.234. The fourth-order valence-corrected chi connectivity index (χ4v) is 1.44. The van der Waals surface area contributed by atoms with E-state index in [1.807, 2.05) is 30.3 Å². The van der Waals surface area contributed by atoms with Gasteiger partial charge in [-0.25, -0.2) is 4.39 Å². The molecule has 82 valence electrons. The summed E-state index contributed by atoms with van der Waals surface area (Å²) in [7, 11) is 0. The fraction of sp³-hybridized carbons (Fsp3) is 0.0769. The van der Waals surface area contributed by atoms with E-state index in [0.717, 1.165) is 16.9 Å². The molecule has 0 aromatic heterocycles. The molecule has 3 heteroatoms. The first-order chi connectivity index (χ1) is 7.74. The summed E-state index contributed by atoms with van der Waals surface area (Å²) < 4.78 is 12.9. The molecule has 0 unspecified atom stereocenters. The first-order valence-corrected chi connectivity index (χ1v) is 5.08. The molecule has 2 aromatic carbocycles. The zero-order valence-electron chi connectivity index (χ0n) is 8.78. The number of benzene rings is 2. The summed E-state index contributed by atoms with van der Waals surface area (Å²) in [6.45, 7) is 0.656. The molecule has 3 N–H and O–H groups in total. The molecule has 0 atom stereocenters. The van der Waals surface area contributed by atoms with Gasteiger partial charge in [0.25, 0.3) is 0 Å². The van der Waals surface area contributed by atoms with Crippen LogP contribution >= 0.6 is 0 Å². The second-order valence-electron chi connectivity index (χ2n) is 3.61. The van der Waals surface area contributed by atoms with E-state index in [1.54, 1.807) is 6.07 Å². The lowest BCUT2D eigenvalue weighted by Gasteiger charge is -2.06. The van der Waals surface area contributed by atoms with Crippen LogP contribution in [0.1, 0.15) is 5.56 Å². The van der Waals surface area contributed by atoms with Crippen molar-refractivity contribution in [3.8, 4) is 0 Å². The number of halogens is 1. The minimum atomic E-state index is -0.234. The molecule has 0 saturated heterocycles. The van der Waals surface area contributed by atoms with E-state index < -0.39 is 0 Å². The Kier molecular flexibility index (Phi) is 3.05. The van der Waals surface area contributed by atoms with Gasteiger partial charge in [-0.1, -0.05) is 18.2 Å². The van der Waals surface area contributed by atoms with Crippen molar-refractivity contribution in [3.63, 3.8) is 0 Å². The first kappa shape index (κ1) is 10.5. The third kappa shape index (κ3) is 2.73. The molecule has 0 amide bonds. The number of rotatable bonds is 3. The Labute approximate surface area is 93.9 Å². The van der Waals surface area contributed by atoms with Crippen LogP contribution in [0, 0.1) is 5.82 Å². The highest BCUT2D eigenvalue weighted by Crippen LogP contribution is 2.12. The standard InChI is InChI=1S/C13H13FN2/c14-11-2-1-3-13(8-11)16-9-10-4-6-12(15)7-5-10/h1-8,16H,9,15H2. The molecule has 2 nitrogen and oxygen atoms in total. The highest BCUT2D eigenvalue weighted by molar-refractivity contribution is 5.45. The van der Waals surface area contributed by atoms with E-state index in [4.69, 9.17) is 5.73 Å². The van der Waals surface area contributed by atoms with Gasteiger partial charge in [0.15, 0.2) is 0 Å². The molecule has 0 radical (unpaired) electrons. The zero-order chi connectivity index (χ0) is 11.4. The molecule has 0 spiro atoms. The van der Waals surface area contributed by atoms with Crippen molar-refractivity contribution in [1.29, 1.82) is 0 Å². The SMILES string of the molecule is Nc1ccc(CNc2cccc(F)c2)cc1. The summed E-state index contributed by atoms with van der Waals surface area (Å²) in [5.41, 5.74) is 8.21. The lowest BCUT2D eigenvalue weighted by Crippen LogP contribution is -1.99. The van der Waals surface area contributed by atoms with Gasteiger partial charge < -0.3 is 11.1 Å². The Morgan fingerprint density at radius 1 is 1.06 bits per heavy atom. The normalized spacial score (nSPS) is 10.1. The van der Waals surface area contributed by atoms with Gasteiger partial charge in [0.1, 0.15) is 5.82 Å². The van der Waals surface area contributed by atoms with E-state index in [2.05, 4.69) is 5.32 Å². The highest BCUT2D eigenvalue weighted by atomic mass is 19.1. The van der Waals surface area contributed by atoms with E-state index in [1.165, 1.54) is 12.1 Å². The summed E-state index contributed by atoms with van der Waals surface area (Å²) in [6.07, 6.45) is 0. The van der Waals surface area contributed by atoms with Crippen LogP contribution in [0.5, 0.6) is 0 Å². The average molecular weight is 216 g/mol. The van der Waals surface area contributed by atoms with E-state index in [9.17, 15) is 4.39 Å². The Bertz CT molecular complexity index is 466. The van der Waals surface area contributed by atoms with Gasteiger partial charge in [0.2, 0.25) is 0 Å². The average Bonchev–Trinajstić information content (AvgIpc) is 2.28. The maximum absolute atomic E-state index is 12.9. The van der Waals surface area contributed by atoms with Crippen molar-refractivity contribution in [2.45, 2.75) is 6.54 Å². The first-order valence-electron chi connectivity index (χ1n) is 5.08. The molecular weight excluding hydrogens is 203 g/mol. The van der Waals surface area contributed by atoms with Crippen molar-refractivity contribution >= 4 is 11.4 Å². The third-order valence-electron chi connectivity index (χ3n) is 2.30. The number of nitrogens with one attached hydrogen (secondary N) is 1. The van der Waals surface area contributed by atoms with E-state index >= 15 is 0 Å². The summed E-state index contributed by atoms with van der Waals surface area (Å²) in [6, 6.07) is 14.0. The number of nitrogens with two attached hydrogens (primary N) is 1. The second-order valence-corrected chi connectivity index (χ2v) is 3.61. The van der Waals surface area contributed by atoms with Gasteiger partial charge >= 0.3 is 0 Å². The minimum Gasteiger partial charge on any atom is -0.399 e. The molecule has 0 aliphatic heterocycles. The van der Waals surface area contributed by atoms with Crippen LogP contribution in [0.15, 0.2) is 48.5 Å². The number of hydrogen-bond acceptors (Lipinski definition) is 2. The van der Waals surface area contributed by atoms with Crippen LogP contribution in [0.2, 0.25) is 0 Å². The largest absolute Gasteiger partial charge is 0.399 e. The minimum absolute atomic E-state index is 0.234. The Hall–Kier alpha value is -2.03. The van der Waals surface area contributed by atoms with Gasteiger partial charge in [0, 0.05) is 17.9 Å². The van der Waals surface area contributed by atoms with E-state index in [0.29, 0.717) is 6.54 Å². The van der Waals surface area contributed by atoms with E-state index in [-0.39, 0.29) is 5.82 Å². The monoisotopic (exact) mass is 216 g/mol. The quantitative estimate of drug-likeness (QED) is 0.774. The van der Waals surface area contributed by atoms with Crippen molar-refractivity contribution in [2.75, 3.05) is 11.1 Å². The fourth-order valence-electron chi connectivity index (χ4n) is 1.44. The number of nitrogen functional groups attached to an aromatic ring is 1. The van der Waals surface area contributed by atoms with Crippen molar-refractivity contribution in [1.82, 2.24) is 0 Å². The van der Waals surface area contributed by atoms with Gasteiger partial charge in [-0.3, -0.25) is 0 Å². The predicted molar refractivity (Wildman–Crippen MR) is 64.6 cm³/mol.